The van der Waals surface area contributed by atoms with Crippen LogP contribution in [-0.2, 0) is 11.2 Å². The highest BCUT2D eigenvalue weighted by atomic mass is 16.4. The number of nitrogens with one attached hydrogen (secondary N) is 2. The van der Waals surface area contributed by atoms with E-state index in [0.717, 1.165) is 13.0 Å². The highest BCUT2D eigenvalue weighted by Crippen LogP contribution is 2.19. The molecular weight excluding hydrogens is 198 g/mol. The molecule has 0 radical (unpaired) electrons. The van der Waals surface area contributed by atoms with Gasteiger partial charge in [0.2, 0.25) is 0 Å². The number of hydrogen-bond donors (Lipinski definition) is 3. The number of piperidine rings is 1. The number of carbonyl (C=O) groups is 1. The van der Waals surface area contributed by atoms with Gasteiger partial charge in [0.25, 0.3) is 0 Å². The molecule has 0 amide bonds. The lowest BCUT2D eigenvalue weighted by Gasteiger charge is -2.26. The first kappa shape index (κ1) is 10.0. The van der Waals surface area contributed by atoms with E-state index in [0.29, 0.717) is 24.6 Å². The number of H-pyrrole nitrogens is 1. The summed E-state index contributed by atoms with van der Waals surface area (Å²) < 4.78 is 0. The zero-order valence-electron chi connectivity index (χ0n) is 8.18. The number of carboxylic acids is 1. The molecule has 2 rings (SSSR count). The Balaban J connectivity index is 1.90. The number of aliphatic carboxylic acids is 1. The summed E-state index contributed by atoms with van der Waals surface area (Å²) in [5.74, 6) is 0.198. The van der Waals surface area contributed by atoms with Gasteiger partial charge in [0.15, 0.2) is 5.82 Å². The van der Waals surface area contributed by atoms with Crippen LogP contribution in [-0.4, -0.2) is 44.3 Å². The molecule has 7 nitrogen and oxygen atoms in total. The summed E-state index contributed by atoms with van der Waals surface area (Å²) in [5.41, 5.74) is 0. The van der Waals surface area contributed by atoms with Gasteiger partial charge in [-0.25, -0.2) is 0 Å². The quantitative estimate of drug-likeness (QED) is 0.604. The Labute approximate surface area is 86.3 Å². The lowest BCUT2D eigenvalue weighted by molar-refractivity contribution is -0.140. The Morgan fingerprint density at radius 2 is 2.47 bits per heavy atom. The molecule has 1 saturated heterocycles. The molecule has 1 aromatic rings. The summed E-state index contributed by atoms with van der Waals surface area (Å²) in [5, 5.41) is 25.4. The topological polar surface area (TPSA) is 104 Å². The molecule has 0 spiro atoms. The van der Waals surface area contributed by atoms with Crippen molar-refractivity contribution >= 4 is 5.97 Å². The van der Waals surface area contributed by atoms with E-state index in [-0.39, 0.29) is 0 Å². The van der Waals surface area contributed by atoms with Crippen molar-refractivity contribution in [3.63, 3.8) is 0 Å². The summed E-state index contributed by atoms with van der Waals surface area (Å²) in [7, 11) is 0. The van der Waals surface area contributed by atoms with Gasteiger partial charge in [-0.05, 0) is 25.3 Å². The largest absolute Gasteiger partial charge is 0.480 e. The van der Waals surface area contributed by atoms with Gasteiger partial charge in [-0.15, -0.1) is 10.2 Å². The van der Waals surface area contributed by atoms with Crippen molar-refractivity contribution in [1.29, 1.82) is 0 Å². The normalized spacial score (nSPS) is 26.4. The number of nitrogens with zero attached hydrogens (tertiary/aromatic N) is 3. The average Bonchev–Trinajstić information content (AvgIpc) is 2.71. The predicted molar refractivity (Wildman–Crippen MR) is 50.0 cm³/mol. The fourth-order valence-electron chi connectivity index (χ4n) is 1.90. The van der Waals surface area contributed by atoms with Gasteiger partial charge in [0, 0.05) is 6.42 Å². The van der Waals surface area contributed by atoms with Crippen LogP contribution in [0.4, 0.5) is 0 Å². The molecule has 0 saturated carbocycles. The lowest BCUT2D eigenvalue weighted by Crippen LogP contribution is -2.43. The SMILES string of the molecule is O=C(O)[C@H]1C[C@H](Cc2nn[nH]n2)CCN1. The Bertz CT molecular complexity index is 326. The Hall–Kier alpha value is -1.50. The van der Waals surface area contributed by atoms with Crippen LogP contribution in [0, 0.1) is 5.92 Å². The summed E-state index contributed by atoms with van der Waals surface area (Å²) >= 11 is 0. The summed E-state index contributed by atoms with van der Waals surface area (Å²) in [6, 6.07) is -0.435. The van der Waals surface area contributed by atoms with Crippen LogP contribution >= 0.6 is 0 Å². The molecule has 1 fully saturated rings. The van der Waals surface area contributed by atoms with Crippen LogP contribution in [0.2, 0.25) is 0 Å². The van der Waals surface area contributed by atoms with Crippen molar-refractivity contribution in [1.82, 2.24) is 25.9 Å². The van der Waals surface area contributed by atoms with Crippen LogP contribution in [0.3, 0.4) is 0 Å². The van der Waals surface area contributed by atoms with E-state index in [1.807, 2.05) is 0 Å². The fourth-order valence-corrected chi connectivity index (χ4v) is 1.90. The van der Waals surface area contributed by atoms with Crippen LogP contribution in [0.1, 0.15) is 18.7 Å². The maximum absolute atomic E-state index is 10.8. The molecule has 2 heterocycles. The average molecular weight is 211 g/mol. The highest BCUT2D eigenvalue weighted by Gasteiger charge is 2.27. The molecule has 0 aromatic carbocycles. The van der Waals surface area contributed by atoms with Crippen LogP contribution < -0.4 is 5.32 Å². The molecule has 1 aromatic heterocycles. The first-order chi connectivity index (χ1) is 7.25. The number of carboxylic acid groups (broad SMARTS) is 1. The molecule has 7 heteroatoms. The van der Waals surface area contributed by atoms with Crippen LogP contribution in [0.15, 0.2) is 0 Å². The minimum Gasteiger partial charge on any atom is -0.480 e. The van der Waals surface area contributed by atoms with Gasteiger partial charge in [-0.1, -0.05) is 5.21 Å². The first-order valence-corrected chi connectivity index (χ1v) is 4.94. The molecule has 2 atom stereocenters. The van der Waals surface area contributed by atoms with Gasteiger partial charge in [-0.3, -0.25) is 4.79 Å². The van der Waals surface area contributed by atoms with E-state index in [1.165, 1.54) is 0 Å². The molecule has 3 N–H and O–H groups in total. The summed E-state index contributed by atoms with van der Waals surface area (Å²) in [4.78, 5) is 10.8. The Morgan fingerprint density at radius 3 is 3.13 bits per heavy atom. The van der Waals surface area contributed by atoms with Crippen molar-refractivity contribution in [3.8, 4) is 0 Å². The fraction of sp³-hybridized carbons (Fsp3) is 0.750. The highest BCUT2D eigenvalue weighted by molar-refractivity contribution is 5.73. The van der Waals surface area contributed by atoms with Crippen molar-refractivity contribution in [2.75, 3.05) is 6.54 Å². The minimum absolute atomic E-state index is 0.324. The molecule has 82 valence electrons. The standard InChI is InChI=1S/C8H13N5O2/c14-8(15)6-3-5(1-2-9-6)4-7-10-12-13-11-7/h5-6,9H,1-4H2,(H,14,15)(H,10,11,12,13)/t5-,6-/m1/s1. The zero-order chi connectivity index (χ0) is 10.7. The third-order valence-electron chi connectivity index (χ3n) is 2.67. The molecule has 0 bridgehead atoms. The second-order valence-electron chi connectivity index (χ2n) is 3.77. The van der Waals surface area contributed by atoms with E-state index in [2.05, 4.69) is 25.9 Å². The van der Waals surface area contributed by atoms with Crippen molar-refractivity contribution < 1.29 is 9.90 Å². The molecule has 15 heavy (non-hydrogen) atoms. The van der Waals surface area contributed by atoms with E-state index < -0.39 is 12.0 Å². The Kier molecular flexibility index (Phi) is 2.91. The monoisotopic (exact) mass is 211 g/mol. The van der Waals surface area contributed by atoms with Gasteiger partial charge >= 0.3 is 5.97 Å². The van der Waals surface area contributed by atoms with Crippen molar-refractivity contribution in [2.24, 2.45) is 5.92 Å². The molecule has 1 aliphatic rings. The van der Waals surface area contributed by atoms with Crippen molar-refractivity contribution in [2.45, 2.75) is 25.3 Å². The number of rotatable bonds is 3. The van der Waals surface area contributed by atoms with E-state index in [4.69, 9.17) is 5.11 Å². The lowest BCUT2D eigenvalue weighted by atomic mass is 9.89. The molecule has 1 aliphatic heterocycles. The molecule has 0 unspecified atom stereocenters. The van der Waals surface area contributed by atoms with E-state index in [9.17, 15) is 4.79 Å². The third-order valence-corrected chi connectivity index (χ3v) is 2.67. The number of hydrogen-bond acceptors (Lipinski definition) is 5. The van der Waals surface area contributed by atoms with Gasteiger partial charge in [-0.2, -0.15) is 5.21 Å². The maximum Gasteiger partial charge on any atom is 0.320 e. The maximum atomic E-state index is 10.8. The Morgan fingerprint density at radius 1 is 1.60 bits per heavy atom. The predicted octanol–water partition coefficient (Wildman–Crippen LogP) is -0.805. The van der Waals surface area contributed by atoms with E-state index >= 15 is 0 Å². The van der Waals surface area contributed by atoms with Gasteiger partial charge in [0.1, 0.15) is 6.04 Å². The van der Waals surface area contributed by atoms with Crippen LogP contribution in [0.5, 0.6) is 0 Å². The molecular formula is C8H13N5O2. The summed E-state index contributed by atoms with van der Waals surface area (Å²) in [6.07, 6.45) is 2.28. The van der Waals surface area contributed by atoms with Gasteiger partial charge < -0.3 is 10.4 Å². The second-order valence-corrected chi connectivity index (χ2v) is 3.77. The first-order valence-electron chi connectivity index (χ1n) is 4.94. The number of aromatic nitrogens is 4. The van der Waals surface area contributed by atoms with Crippen molar-refractivity contribution in [3.05, 3.63) is 5.82 Å². The summed E-state index contributed by atoms with van der Waals surface area (Å²) in [6.45, 7) is 0.736. The van der Waals surface area contributed by atoms with E-state index in [1.54, 1.807) is 0 Å². The minimum atomic E-state index is -0.784. The smallest absolute Gasteiger partial charge is 0.320 e. The number of tetrazole rings is 1. The van der Waals surface area contributed by atoms with Gasteiger partial charge in [0.05, 0.1) is 0 Å². The second kappa shape index (κ2) is 4.35. The molecule has 0 aliphatic carbocycles. The van der Waals surface area contributed by atoms with Crippen LogP contribution in [0.25, 0.3) is 0 Å². The zero-order valence-corrected chi connectivity index (χ0v) is 8.18. The number of aromatic amines is 1. The third kappa shape index (κ3) is 2.50.